The van der Waals surface area contributed by atoms with E-state index in [2.05, 4.69) is 10.4 Å². The molecule has 0 aliphatic carbocycles. The minimum atomic E-state index is -0.350. The van der Waals surface area contributed by atoms with E-state index in [-0.39, 0.29) is 22.7 Å². The van der Waals surface area contributed by atoms with Gasteiger partial charge in [0.1, 0.15) is 5.02 Å². The molecule has 1 aromatic rings. The third-order valence-corrected chi connectivity index (χ3v) is 3.66. The number of amides is 1. The van der Waals surface area contributed by atoms with Crippen molar-refractivity contribution < 1.29 is 9.53 Å². The first-order chi connectivity index (χ1) is 9.52. The van der Waals surface area contributed by atoms with E-state index in [1.54, 1.807) is 4.90 Å². The SMILES string of the molecule is COC(=O)N1CCCC(Nc2cnn(C)c(=O)c2Cl)C1. The molecule has 20 heavy (non-hydrogen) atoms. The lowest BCUT2D eigenvalue weighted by Gasteiger charge is -2.32. The van der Waals surface area contributed by atoms with E-state index in [1.807, 2.05) is 0 Å². The van der Waals surface area contributed by atoms with Gasteiger partial charge in [-0.1, -0.05) is 11.6 Å². The van der Waals surface area contributed by atoms with E-state index in [0.29, 0.717) is 18.8 Å². The van der Waals surface area contributed by atoms with E-state index in [9.17, 15) is 9.59 Å². The lowest BCUT2D eigenvalue weighted by atomic mass is 10.1. The van der Waals surface area contributed by atoms with E-state index >= 15 is 0 Å². The fourth-order valence-corrected chi connectivity index (χ4v) is 2.45. The number of piperidine rings is 1. The summed E-state index contributed by atoms with van der Waals surface area (Å²) in [5, 5.41) is 7.21. The van der Waals surface area contributed by atoms with Crippen LogP contribution in [0.5, 0.6) is 0 Å². The summed E-state index contributed by atoms with van der Waals surface area (Å²) in [6.07, 6.45) is 2.92. The molecule has 1 aliphatic heterocycles. The fourth-order valence-electron chi connectivity index (χ4n) is 2.22. The number of anilines is 1. The molecule has 1 fully saturated rings. The second-order valence-electron chi connectivity index (χ2n) is 4.70. The van der Waals surface area contributed by atoms with Gasteiger partial charge in [0.2, 0.25) is 0 Å². The summed E-state index contributed by atoms with van der Waals surface area (Å²) in [6.45, 7) is 1.19. The summed E-state index contributed by atoms with van der Waals surface area (Å²) in [4.78, 5) is 24.8. The number of hydrogen-bond acceptors (Lipinski definition) is 5. The number of aromatic nitrogens is 2. The smallest absolute Gasteiger partial charge is 0.409 e. The molecule has 7 nitrogen and oxygen atoms in total. The van der Waals surface area contributed by atoms with Crippen LogP contribution in [-0.2, 0) is 11.8 Å². The number of aryl methyl sites for hydroxylation is 1. The van der Waals surface area contributed by atoms with Crippen LogP contribution in [0.15, 0.2) is 11.0 Å². The highest BCUT2D eigenvalue weighted by Gasteiger charge is 2.24. The number of rotatable bonds is 2. The Labute approximate surface area is 121 Å². The van der Waals surface area contributed by atoms with Crippen molar-refractivity contribution in [1.82, 2.24) is 14.7 Å². The van der Waals surface area contributed by atoms with Crippen molar-refractivity contribution in [2.75, 3.05) is 25.5 Å². The third kappa shape index (κ3) is 3.04. The van der Waals surface area contributed by atoms with Crippen LogP contribution in [0.4, 0.5) is 10.5 Å². The summed E-state index contributed by atoms with van der Waals surface area (Å²) in [6, 6.07) is 0.0225. The molecular weight excluding hydrogens is 284 g/mol. The number of methoxy groups -OCH3 is 1. The van der Waals surface area contributed by atoms with Gasteiger partial charge in [0.05, 0.1) is 19.0 Å². The summed E-state index contributed by atoms with van der Waals surface area (Å²) >= 11 is 6.00. The number of likely N-dealkylation sites (tertiary alicyclic amines) is 1. The van der Waals surface area contributed by atoms with Gasteiger partial charge in [0, 0.05) is 26.2 Å². The third-order valence-electron chi connectivity index (χ3n) is 3.29. The Bertz CT molecular complexity index is 560. The molecule has 1 saturated heterocycles. The lowest BCUT2D eigenvalue weighted by Crippen LogP contribution is -2.45. The minimum Gasteiger partial charge on any atom is -0.453 e. The number of nitrogens with one attached hydrogen (secondary N) is 1. The van der Waals surface area contributed by atoms with Crippen molar-refractivity contribution in [3.05, 3.63) is 21.6 Å². The van der Waals surface area contributed by atoms with Crippen molar-refractivity contribution in [2.24, 2.45) is 7.05 Å². The molecule has 0 spiro atoms. The van der Waals surface area contributed by atoms with Crippen LogP contribution in [-0.4, -0.2) is 47.0 Å². The number of hydrogen-bond donors (Lipinski definition) is 1. The maximum atomic E-state index is 11.7. The Morgan fingerprint density at radius 2 is 2.35 bits per heavy atom. The molecule has 1 unspecified atom stereocenters. The van der Waals surface area contributed by atoms with Crippen molar-refractivity contribution in [2.45, 2.75) is 18.9 Å². The van der Waals surface area contributed by atoms with Gasteiger partial charge in [-0.3, -0.25) is 4.79 Å². The Hall–Kier alpha value is -1.76. The van der Waals surface area contributed by atoms with Crippen LogP contribution >= 0.6 is 11.6 Å². The van der Waals surface area contributed by atoms with Gasteiger partial charge in [-0.2, -0.15) is 5.10 Å². The molecule has 0 saturated carbocycles. The fraction of sp³-hybridized carbons (Fsp3) is 0.583. The van der Waals surface area contributed by atoms with E-state index in [1.165, 1.54) is 25.0 Å². The highest BCUT2D eigenvalue weighted by molar-refractivity contribution is 6.32. The molecule has 0 bridgehead atoms. The average Bonchev–Trinajstić information content (AvgIpc) is 2.47. The number of halogens is 1. The van der Waals surface area contributed by atoms with Crippen LogP contribution in [0.3, 0.4) is 0 Å². The van der Waals surface area contributed by atoms with Crippen LogP contribution < -0.4 is 10.9 Å². The monoisotopic (exact) mass is 300 g/mol. The first-order valence-corrected chi connectivity index (χ1v) is 6.72. The van der Waals surface area contributed by atoms with Gasteiger partial charge in [-0.05, 0) is 12.8 Å². The summed E-state index contributed by atoms with van der Waals surface area (Å²) < 4.78 is 5.89. The standard InChI is InChI=1S/C12H17ClN4O3/c1-16-11(18)10(13)9(6-14-16)15-8-4-3-5-17(7-8)12(19)20-2/h6,8,15H,3-5,7H2,1-2H3. The predicted molar refractivity (Wildman–Crippen MR) is 75.1 cm³/mol. The molecule has 1 aromatic heterocycles. The second kappa shape index (κ2) is 6.13. The van der Waals surface area contributed by atoms with Gasteiger partial charge < -0.3 is 15.0 Å². The maximum Gasteiger partial charge on any atom is 0.409 e. The lowest BCUT2D eigenvalue weighted by molar-refractivity contribution is 0.113. The quantitative estimate of drug-likeness (QED) is 0.884. The highest BCUT2D eigenvalue weighted by Crippen LogP contribution is 2.20. The first-order valence-electron chi connectivity index (χ1n) is 6.34. The largest absolute Gasteiger partial charge is 0.453 e. The zero-order valence-electron chi connectivity index (χ0n) is 11.4. The molecule has 1 N–H and O–H groups in total. The number of nitrogens with zero attached hydrogens (tertiary/aromatic N) is 3. The molecule has 0 radical (unpaired) electrons. The van der Waals surface area contributed by atoms with Gasteiger partial charge in [0.25, 0.3) is 5.56 Å². The van der Waals surface area contributed by atoms with Crippen LogP contribution in [0.2, 0.25) is 5.02 Å². The van der Waals surface area contributed by atoms with Crippen LogP contribution in [0, 0.1) is 0 Å². The van der Waals surface area contributed by atoms with Gasteiger partial charge >= 0.3 is 6.09 Å². The van der Waals surface area contributed by atoms with Crippen molar-refractivity contribution in [3.8, 4) is 0 Å². The molecule has 1 atom stereocenters. The molecular formula is C12H17ClN4O3. The molecule has 2 rings (SSSR count). The Balaban J connectivity index is 2.08. The topological polar surface area (TPSA) is 76.5 Å². The van der Waals surface area contributed by atoms with E-state index in [4.69, 9.17) is 16.3 Å². The van der Waals surface area contributed by atoms with E-state index < -0.39 is 0 Å². The van der Waals surface area contributed by atoms with Gasteiger partial charge in [0.15, 0.2) is 0 Å². The number of ether oxygens (including phenoxy) is 1. The first kappa shape index (κ1) is 14.6. The van der Waals surface area contributed by atoms with Crippen LogP contribution in [0.1, 0.15) is 12.8 Å². The predicted octanol–water partition coefficient (Wildman–Crippen LogP) is 1.08. The summed E-state index contributed by atoms with van der Waals surface area (Å²) in [5.41, 5.74) is 0.142. The normalized spacial score (nSPS) is 18.8. The van der Waals surface area contributed by atoms with Crippen LogP contribution in [0.25, 0.3) is 0 Å². The van der Waals surface area contributed by atoms with E-state index in [0.717, 1.165) is 12.8 Å². The van der Waals surface area contributed by atoms with Gasteiger partial charge in [-0.15, -0.1) is 0 Å². The Kier molecular flexibility index (Phi) is 4.49. The molecule has 0 aromatic carbocycles. The molecule has 1 amide bonds. The number of carbonyl (C=O) groups is 1. The van der Waals surface area contributed by atoms with Crippen molar-refractivity contribution in [3.63, 3.8) is 0 Å². The molecule has 1 aliphatic rings. The maximum absolute atomic E-state index is 11.7. The average molecular weight is 301 g/mol. The Morgan fingerprint density at radius 1 is 1.60 bits per heavy atom. The van der Waals surface area contributed by atoms with Crippen molar-refractivity contribution >= 4 is 23.4 Å². The minimum absolute atomic E-state index is 0.0225. The summed E-state index contributed by atoms with van der Waals surface area (Å²) in [5.74, 6) is 0. The summed E-state index contributed by atoms with van der Waals surface area (Å²) in [7, 11) is 2.90. The van der Waals surface area contributed by atoms with Crippen molar-refractivity contribution in [1.29, 1.82) is 0 Å². The molecule has 2 heterocycles. The zero-order valence-corrected chi connectivity index (χ0v) is 12.2. The Morgan fingerprint density at radius 3 is 3.05 bits per heavy atom. The molecule has 110 valence electrons. The van der Waals surface area contributed by atoms with Gasteiger partial charge in [-0.25, -0.2) is 9.48 Å². The second-order valence-corrected chi connectivity index (χ2v) is 5.08. The molecule has 8 heteroatoms. The highest BCUT2D eigenvalue weighted by atomic mass is 35.5. The zero-order chi connectivity index (χ0) is 14.7. The number of carbonyl (C=O) groups excluding carboxylic acids is 1.